The van der Waals surface area contributed by atoms with Gasteiger partial charge in [-0.3, -0.25) is 4.79 Å². The number of amides is 1. The van der Waals surface area contributed by atoms with Crippen molar-refractivity contribution in [3.05, 3.63) is 65.1 Å². The van der Waals surface area contributed by atoms with Crippen LogP contribution in [0.2, 0.25) is 0 Å². The number of benzene rings is 2. The lowest BCUT2D eigenvalue weighted by atomic mass is 10.1. The SMILES string of the molecule is COc1cc(-n2c3c(c4ncnc(N)c42)CCC3)ccc1NC(=O)Cc1ccc(OC)c(C(F)(F)F)c1. The zero-order valence-electron chi connectivity index (χ0n) is 20.1. The number of nitrogens with zero attached hydrogens (tertiary/aromatic N) is 3. The maximum atomic E-state index is 13.3. The number of anilines is 2. The molecule has 1 aliphatic rings. The summed E-state index contributed by atoms with van der Waals surface area (Å²) in [5.41, 5.74) is 10.5. The quantitative estimate of drug-likeness (QED) is 0.389. The summed E-state index contributed by atoms with van der Waals surface area (Å²) in [6.07, 6.45) is -0.622. The van der Waals surface area contributed by atoms with E-state index in [-0.39, 0.29) is 17.7 Å². The molecular weight excluding hydrogens is 487 g/mol. The molecule has 0 saturated carbocycles. The van der Waals surface area contributed by atoms with Gasteiger partial charge in [-0.2, -0.15) is 13.2 Å². The number of halogens is 3. The third-order valence-electron chi connectivity index (χ3n) is 6.47. The Bertz CT molecular complexity index is 1510. The lowest BCUT2D eigenvalue weighted by Crippen LogP contribution is -2.16. The number of methoxy groups -OCH3 is 2. The summed E-state index contributed by atoms with van der Waals surface area (Å²) in [5, 5.41) is 2.74. The number of hydrogen-bond donors (Lipinski definition) is 2. The Kier molecular flexibility index (Phi) is 6.14. The van der Waals surface area contributed by atoms with Gasteiger partial charge in [0, 0.05) is 17.4 Å². The summed E-state index contributed by atoms with van der Waals surface area (Å²) in [6, 6.07) is 8.83. The van der Waals surface area contributed by atoms with Crippen molar-refractivity contribution in [2.45, 2.75) is 31.9 Å². The number of carbonyl (C=O) groups excluding carboxylic acids is 1. The molecule has 5 rings (SSSR count). The Morgan fingerprint density at radius 1 is 1.08 bits per heavy atom. The third-order valence-corrected chi connectivity index (χ3v) is 6.47. The minimum absolute atomic E-state index is 0.200. The molecule has 192 valence electrons. The summed E-state index contributed by atoms with van der Waals surface area (Å²) in [4.78, 5) is 21.3. The average Bonchev–Trinajstić information content (AvgIpc) is 3.46. The van der Waals surface area contributed by atoms with Crippen LogP contribution in [-0.4, -0.2) is 34.7 Å². The van der Waals surface area contributed by atoms with Crippen LogP contribution >= 0.6 is 0 Å². The van der Waals surface area contributed by atoms with E-state index in [0.29, 0.717) is 17.3 Å². The molecule has 0 saturated heterocycles. The average molecular weight is 512 g/mol. The highest BCUT2D eigenvalue weighted by molar-refractivity contribution is 5.95. The second-order valence-electron chi connectivity index (χ2n) is 8.71. The number of carbonyl (C=O) groups is 1. The van der Waals surface area contributed by atoms with Crippen LogP contribution in [-0.2, 0) is 30.2 Å². The van der Waals surface area contributed by atoms with Crippen molar-refractivity contribution in [3.8, 4) is 17.2 Å². The smallest absolute Gasteiger partial charge is 0.419 e. The van der Waals surface area contributed by atoms with Gasteiger partial charge in [0.1, 0.15) is 23.3 Å². The van der Waals surface area contributed by atoms with E-state index in [1.165, 1.54) is 32.7 Å². The van der Waals surface area contributed by atoms with E-state index < -0.39 is 17.6 Å². The molecule has 37 heavy (non-hydrogen) atoms. The van der Waals surface area contributed by atoms with Crippen LogP contribution in [0.5, 0.6) is 11.5 Å². The maximum absolute atomic E-state index is 13.3. The van der Waals surface area contributed by atoms with E-state index in [9.17, 15) is 18.0 Å². The molecule has 8 nitrogen and oxygen atoms in total. The van der Waals surface area contributed by atoms with Crippen LogP contribution in [0.15, 0.2) is 42.7 Å². The molecule has 1 amide bonds. The number of nitrogens with one attached hydrogen (secondary N) is 1. The van der Waals surface area contributed by atoms with Gasteiger partial charge in [-0.25, -0.2) is 9.97 Å². The Morgan fingerprint density at radius 2 is 1.86 bits per heavy atom. The summed E-state index contributed by atoms with van der Waals surface area (Å²) >= 11 is 0. The van der Waals surface area contributed by atoms with E-state index >= 15 is 0 Å². The number of ether oxygens (including phenoxy) is 2. The second kappa shape index (κ2) is 9.30. The van der Waals surface area contributed by atoms with E-state index in [2.05, 4.69) is 15.3 Å². The highest BCUT2D eigenvalue weighted by atomic mass is 19.4. The first kappa shape index (κ1) is 24.4. The molecule has 0 unspecified atom stereocenters. The Hall–Kier alpha value is -4.28. The lowest BCUT2D eigenvalue weighted by Gasteiger charge is -2.16. The number of nitrogens with two attached hydrogens (primary N) is 1. The van der Waals surface area contributed by atoms with Crippen molar-refractivity contribution >= 4 is 28.4 Å². The number of alkyl halides is 3. The van der Waals surface area contributed by atoms with Crippen LogP contribution in [0.1, 0.15) is 28.8 Å². The number of rotatable bonds is 6. The van der Waals surface area contributed by atoms with E-state index in [1.54, 1.807) is 12.1 Å². The van der Waals surface area contributed by atoms with Crippen molar-refractivity contribution in [2.24, 2.45) is 0 Å². The first-order valence-corrected chi connectivity index (χ1v) is 11.6. The minimum Gasteiger partial charge on any atom is -0.496 e. The van der Waals surface area contributed by atoms with Crippen molar-refractivity contribution in [2.75, 3.05) is 25.3 Å². The first-order chi connectivity index (χ1) is 17.7. The van der Waals surface area contributed by atoms with Gasteiger partial charge in [0.15, 0.2) is 5.82 Å². The molecule has 2 aromatic heterocycles. The number of aromatic nitrogens is 3. The standard InChI is InChI=1S/C26H24F3N5O3/c1-36-20-9-6-14(10-17(20)26(27,28)29)11-22(35)33-18-8-7-15(12-21(18)37-2)34-19-5-3-4-16(19)23-24(34)25(30)32-13-31-23/h6-10,12-13H,3-5,11H2,1-2H3,(H,33,35)(H2,30,31,32). The summed E-state index contributed by atoms with van der Waals surface area (Å²) in [5.74, 6) is -0.0349. The van der Waals surface area contributed by atoms with Gasteiger partial charge in [-0.05, 0) is 54.7 Å². The van der Waals surface area contributed by atoms with Crippen molar-refractivity contribution < 1.29 is 27.4 Å². The fraction of sp³-hybridized carbons (Fsp3) is 0.269. The fourth-order valence-electron chi connectivity index (χ4n) is 4.87. The highest BCUT2D eigenvalue weighted by Crippen LogP contribution is 2.39. The normalized spacial score (nSPS) is 13.0. The zero-order valence-corrected chi connectivity index (χ0v) is 20.1. The molecule has 3 N–H and O–H groups in total. The molecule has 0 bridgehead atoms. The lowest BCUT2D eigenvalue weighted by molar-refractivity contribution is -0.138. The summed E-state index contributed by atoms with van der Waals surface area (Å²) < 4.78 is 52.4. The van der Waals surface area contributed by atoms with Crippen molar-refractivity contribution in [3.63, 3.8) is 0 Å². The van der Waals surface area contributed by atoms with Gasteiger partial charge in [0.2, 0.25) is 5.91 Å². The summed E-state index contributed by atoms with van der Waals surface area (Å²) in [7, 11) is 2.64. The van der Waals surface area contributed by atoms with Crippen LogP contribution < -0.4 is 20.5 Å². The molecule has 0 atom stereocenters. The number of nitrogen functional groups attached to an aromatic ring is 1. The van der Waals surface area contributed by atoms with Crippen LogP contribution in [0.4, 0.5) is 24.7 Å². The van der Waals surface area contributed by atoms with Crippen molar-refractivity contribution in [1.82, 2.24) is 14.5 Å². The monoisotopic (exact) mass is 511 g/mol. The Balaban J connectivity index is 1.43. The molecular formula is C26H24F3N5O3. The Morgan fingerprint density at radius 3 is 2.59 bits per heavy atom. The van der Waals surface area contributed by atoms with Gasteiger partial charge in [0.25, 0.3) is 0 Å². The van der Waals surface area contributed by atoms with Crippen LogP contribution in [0.3, 0.4) is 0 Å². The first-order valence-electron chi connectivity index (χ1n) is 11.6. The molecule has 2 aromatic carbocycles. The molecule has 0 radical (unpaired) electrons. The van der Waals surface area contributed by atoms with E-state index in [4.69, 9.17) is 15.2 Å². The molecule has 11 heteroatoms. The molecule has 1 aliphatic carbocycles. The van der Waals surface area contributed by atoms with Crippen LogP contribution in [0.25, 0.3) is 16.7 Å². The number of fused-ring (bicyclic) bond motifs is 3. The van der Waals surface area contributed by atoms with E-state index in [0.717, 1.165) is 53.3 Å². The van der Waals surface area contributed by atoms with Crippen molar-refractivity contribution in [1.29, 1.82) is 0 Å². The fourth-order valence-corrected chi connectivity index (χ4v) is 4.87. The van der Waals surface area contributed by atoms with Gasteiger partial charge >= 0.3 is 6.18 Å². The molecule has 4 aromatic rings. The predicted octanol–water partition coefficient (Wildman–Crippen LogP) is 4.71. The predicted molar refractivity (Wildman–Crippen MR) is 132 cm³/mol. The molecule has 0 aliphatic heterocycles. The van der Waals surface area contributed by atoms with Crippen LogP contribution in [0, 0.1) is 0 Å². The zero-order chi connectivity index (χ0) is 26.3. The van der Waals surface area contributed by atoms with E-state index in [1.807, 2.05) is 10.6 Å². The number of hydrogen-bond acceptors (Lipinski definition) is 6. The minimum atomic E-state index is -4.60. The topological polar surface area (TPSA) is 104 Å². The maximum Gasteiger partial charge on any atom is 0.419 e. The van der Waals surface area contributed by atoms with Gasteiger partial charge in [-0.15, -0.1) is 0 Å². The largest absolute Gasteiger partial charge is 0.496 e. The summed E-state index contributed by atoms with van der Waals surface area (Å²) in [6.45, 7) is 0. The van der Waals surface area contributed by atoms with Gasteiger partial charge in [-0.1, -0.05) is 6.07 Å². The van der Waals surface area contributed by atoms with Gasteiger partial charge < -0.3 is 25.1 Å². The number of aryl methyl sites for hydroxylation is 1. The second-order valence-corrected chi connectivity index (χ2v) is 8.71. The molecule has 0 spiro atoms. The molecule has 2 heterocycles. The Labute approximate surface area is 210 Å². The van der Waals surface area contributed by atoms with Gasteiger partial charge in [0.05, 0.1) is 37.4 Å². The molecule has 0 fully saturated rings. The highest BCUT2D eigenvalue weighted by Gasteiger charge is 2.34. The third kappa shape index (κ3) is 4.41.